The third-order valence-electron chi connectivity index (χ3n) is 3.14. The third kappa shape index (κ3) is 2.93. The lowest BCUT2D eigenvalue weighted by Gasteiger charge is -2.18. The van der Waals surface area contributed by atoms with Crippen molar-refractivity contribution in [2.45, 2.75) is 31.7 Å². The Balaban J connectivity index is 0.00000112. The molecule has 0 radical (unpaired) electrons. The highest BCUT2D eigenvalue weighted by molar-refractivity contribution is 5.85. The zero-order chi connectivity index (χ0) is 9.97. The molecular formula is C12H17ClFN. The summed E-state index contributed by atoms with van der Waals surface area (Å²) in [5.41, 5.74) is 7.04. The Morgan fingerprint density at radius 1 is 1.27 bits per heavy atom. The predicted octanol–water partition coefficient (Wildman–Crippen LogP) is 3.44. The molecule has 1 saturated carbocycles. The van der Waals surface area contributed by atoms with Crippen LogP contribution in [0, 0.1) is 11.7 Å². The number of hydrogen-bond donors (Lipinski definition) is 1. The summed E-state index contributed by atoms with van der Waals surface area (Å²) >= 11 is 0. The standard InChI is InChI=1S/C12H16FN.ClH/c13-11-7-3-6-10(8-11)12(14)9-4-1-2-5-9;/h3,6-9,12H,1-2,4-5,14H2;1H. The molecule has 1 atom stereocenters. The number of hydrogen-bond acceptors (Lipinski definition) is 1. The van der Waals surface area contributed by atoms with E-state index in [2.05, 4.69) is 0 Å². The van der Waals surface area contributed by atoms with E-state index in [9.17, 15) is 4.39 Å². The summed E-state index contributed by atoms with van der Waals surface area (Å²) in [7, 11) is 0. The Morgan fingerprint density at radius 2 is 1.93 bits per heavy atom. The number of halogens is 2. The van der Waals surface area contributed by atoms with Crippen molar-refractivity contribution in [2.24, 2.45) is 11.7 Å². The van der Waals surface area contributed by atoms with Crippen LogP contribution in [0.5, 0.6) is 0 Å². The third-order valence-corrected chi connectivity index (χ3v) is 3.14. The highest BCUT2D eigenvalue weighted by Crippen LogP contribution is 2.34. The van der Waals surface area contributed by atoms with Gasteiger partial charge in [0.15, 0.2) is 0 Å². The second-order valence-corrected chi connectivity index (χ2v) is 4.13. The fourth-order valence-electron chi connectivity index (χ4n) is 2.30. The monoisotopic (exact) mass is 229 g/mol. The summed E-state index contributed by atoms with van der Waals surface area (Å²) in [5.74, 6) is 0.368. The van der Waals surface area contributed by atoms with E-state index >= 15 is 0 Å². The lowest BCUT2D eigenvalue weighted by molar-refractivity contribution is 0.443. The van der Waals surface area contributed by atoms with Gasteiger partial charge in [0.2, 0.25) is 0 Å². The van der Waals surface area contributed by atoms with Crippen LogP contribution in [-0.2, 0) is 0 Å². The topological polar surface area (TPSA) is 26.0 Å². The first-order valence-corrected chi connectivity index (χ1v) is 5.28. The maximum atomic E-state index is 13.0. The smallest absolute Gasteiger partial charge is 0.123 e. The van der Waals surface area contributed by atoms with E-state index in [1.54, 1.807) is 12.1 Å². The molecule has 84 valence electrons. The molecule has 3 heteroatoms. The fourth-order valence-corrected chi connectivity index (χ4v) is 2.30. The zero-order valence-electron chi connectivity index (χ0n) is 8.66. The quantitative estimate of drug-likeness (QED) is 0.826. The minimum atomic E-state index is -0.184. The molecule has 0 spiro atoms. The van der Waals surface area contributed by atoms with E-state index in [4.69, 9.17) is 5.73 Å². The van der Waals surface area contributed by atoms with E-state index < -0.39 is 0 Å². The zero-order valence-corrected chi connectivity index (χ0v) is 9.47. The highest BCUT2D eigenvalue weighted by atomic mass is 35.5. The Bertz CT molecular complexity index is 310. The summed E-state index contributed by atoms with van der Waals surface area (Å²) in [6, 6.07) is 6.70. The van der Waals surface area contributed by atoms with Crippen molar-refractivity contribution in [3.63, 3.8) is 0 Å². The minimum absolute atomic E-state index is 0. The summed E-state index contributed by atoms with van der Waals surface area (Å²) in [4.78, 5) is 0. The van der Waals surface area contributed by atoms with E-state index in [-0.39, 0.29) is 24.3 Å². The van der Waals surface area contributed by atoms with Crippen LogP contribution < -0.4 is 5.73 Å². The van der Waals surface area contributed by atoms with Gasteiger partial charge in [-0.3, -0.25) is 0 Å². The van der Waals surface area contributed by atoms with Crippen LogP contribution in [0.3, 0.4) is 0 Å². The average Bonchev–Trinajstić information content (AvgIpc) is 2.69. The van der Waals surface area contributed by atoms with Crippen LogP contribution in [0.25, 0.3) is 0 Å². The van der Waals surface area contributed by atoms with Crippen molar-refractivity contribution < 1.29 is 4.39 Å². The molecule has 1 unspecified atom stereocenters. The maximum absolute atomic E-state index is 13.0. The molecule has 0 saturated heterocycles. The molecule has 1 aromatic rings. The lowest BCUT2D eigenvalue weighted by atomic mass is 9.92. The van der Waals surface area contributed by atoms with Crippen LogP contribution in [0.4, 0.5) is 4.39 Å². The maximum Gasteiger partial charge on any atom is 0.123 e. The Hall–Kier alpha value is -0.600. The van der Waals surface area contributed by atoms with E-state index in [1.807, 2.05) is 6.07 Å². The SMILES string of the molecule is Cl.NC(c1cccc(F)c1)C1CCCC1. The Labute approximate surface area is 96.3 Å². The van der Waals surface area contributed by atoms with Crippen molar-refractivity contribution in [1.29, 1.82) is 0 Å². The van der Waals surface area contributed by atoms with Crippen molar-refractivity contribution in [3.8, 4) is 0 Å². The number of rotatable bonds is 2. The second kappa shape index (κ2) is 5.47. The molecule has 0 aliphatic heterocycles. The molecule has 0 bridgehead atoms. The first-order chi connectivity index (χ1) is 6.77. The molecule has 0 amide bonds. The van der Waals surface area contributed by atoms with E-state index in [0.717, 1.165) is 5.56 Å². The Kier molecular flexibility index (Phi) is 4.55. The lowest BCUT2D eigenvalue weighted by Crippen LogP contribution is -2.19. The van der Waals surface area contributed by atoms with Gasteiger partial charge < -0.3 is 5.73 Å². The van der Waals surface area contributed by atoms with Gasteiger partial charge in [-0.15, -0.1) is 12.4 Å². The molecule has 15 heavy (non-hydrogen) atoms. The van der Waals surface area contributed by atoms with Crippen LogP contribution in [0.2, 0.25) is 0 Å². The predicted molar refractivity (Wildman–Crippen MR) is 62.5 cm³/mol. The molecule has 1 nitrogen and oxygen atoms in total. The van der Waals surface area contributed by atoms with Gasteiger partial charge in [-0.05, 0) is 36.5 Å². The Morgan fingerprint density at radius 3 is 2.53 bits per heavy atom. The van der Waals surface area contributed by atoms with Gasteiger partial charge in [-0.1, -0.05) is 25.0 Å². The molecular weight excluding hydrogens is 213 g/mol. The molecule has 1 aliphatic carbocycles. The summed E-state index contributed by atoms with van der Waals surface area (Å²) in [5, 5.41) is 0. The van der Waals surface area contributed by atoms with Crippen LogP contribution >= 0.6 is 12.4 Å². The number of nitrogens with two attached hydrogens (primary N) is 1. The van der Waals surface area contributed by atoms with Crippen molar-refractivity contribution in [2.75, 3.05) is 0 Å². The van der Waals surface area contributed by atoms with Gasteiger partial charge in [0.05, 0.1) is 0 Å². The molecule has 1 fully saturated rings. The molecule has 2 N–H and O–H groups in total. The normalized spacial score (nSPS) is 18.5. The van der Waals surface area contributed by atoms with Gasteiger partial charge >= 0.3 is 0 Å². The molecule has 0 heterocycles. The molecule has 1 aromatic carbocycles. The minimum Gasteiger partial charge on any atom is -0.324 e. The molecule has 0 aromatic heterocycles. The van der Waals surface area contributed by atoms with Gasteiger partial charge in [-0.2, -0.15) is 0 Å². The summed E-state index contributed by atoms with van der Waals surface area (Å²) in [6.45, 7) is 0. The van der Waals surface area contributed by atoms with Crippen molar-refractivity contribution in [1.82, 2.24) is 0 Å². The van der Waals surface area contributed by atoms with E-state index in [0.29, 0.717) is 5.92 Å². The van der Waals surface area contributed by atoms with Gasteiger partial charge in [0.1, 0.15) is 5.82 Å². The van der Waals surface area contributed by atoms with Gasteiger partial charge in [-0.25, -0.2) is 4.39 Å². The van der Waals surface area contributed by atoms with Crippen LogP contribution in [-0.4, -0.2) is 0 Å². The summed E-state index contributed by atoms with van der Waals surface area (Å²) < 4.78 is 13.0. The average molecular weight is 230 g/mol. The van der Waals surface area contributed by atoms with Crippen molar-refractivity contribution in [3.05, 3.63) is 35.6 Å². The first kappa shape index (κ1) is 12.5. The molecule has 2 rings (SSSR count). The highest BCUT2D eigenvalue weighted by Gasteiger charge is 2.23. The van der Waals surface area contributed by atoms with Gasteiger partial charge in [0, 0.05) is 6.04 Å². The van der Waals surface area contributed by atoms with Crippen LogP contribution in [0.1, 0.15) is 37.3 Å². The molecule has 1 aliphatic rings. The summed E-state index contributed by atoms with van der Waals surface area (Å²) in [6.07, 6.45) is 4.93. The second-order valence-electron chi connectivity index (χ2n) is 4.13. The number of benzene rings is 1. The first-order valence-electron chi connectivity index (χ1n) is 5.28. The van der Waals surface area contributed by atoms with Crippen molar-refractivity contribution >= 4 is 12.4 Å². The van der Waals surface area contributed by atoms with Gasteiger partial charge in [0.25, 0.3) is 0 Å². The van der Waals surface area contributed by atoms with Crippen LogP contribution in [0.15, 0.2) is 24.3 Å². The fraction of sp³-hybridized carbons (Fsp3) is 0.500. The largest absolute Gasteiger partial charge is 0.324 e. The van der Waals surface area contributed by atoms with E-state index in [1.165, 1.54) is 31.7 Å².